The summed E-state index contributed by atoms with van der Waals surface area (Å²) in [6.45, 7) is 1.87. The van der Waals surface area contributed by atoms with Crippen molar-refractivity contribution in [3.05, 3.63) is 27.2 Å². The number of ether oxygens (including phenoxy) is 1. The maximum atomic E-state index is 12.2. The fourth-order valence-electron chi connectivity index (χ4n) is 2.24. The van der Waals surface area contributed by atoms with E-state index >= 15 is 0 Å². The first-order chi connectivity index (χ1) is 10.9. The molecular weight excluding hydrogens is 302 g/mol. The van der Waals surface area contributed by atoms with Crippen molar-refractivity contribution < 1.29 is 9.53 Å². The molecule has 9 heteroatoms. The number of hydrogen-bond donors (Lipinski definition) is 0. The molecular formula is C14H17N5O4. The number of aromatic nitrogens is 4. The van der Waals surface area contributed by atoms with Gasteiger partial charge in [-0.2, -0.15) is 5.26 Å². The van der Waals surface area contributed by atoms with Crippen molar-refractivity contribution in [3.8, 4) is 6.07 Å². The number of esters is 1. The molecule has 0 fully saturated rings. The second kappa shape index (κ2) is 6.48. The summed E-state index contributed by atoms with van der Waals surface area (Å²) in [4.78, 5) is 39.7. The van der Waals surface area contributed by atoms with Gasteiger partial charge in [0.05, 0.1) is 6.33 Å². The normalized spacial score (nSPS) is 12.1. The van der Waals surface area contributed by atoms with Crippen LogP contribution in [0.25, 0.3) is 11.2 Å². The molecule has 0 radical (unpaired) electrons. The van der Waals surface area contributed by atoms with Crippen molar-refractivity contribution >= 4 is 17.1 Å². The van der Waals surface area contributed by atoms with Gasteiger partial charge >= 0.3 is 11.7 Å². The van der Waals surface area contributed by atoms with Crippen molar-refractivity contribution in [3.63, 3.8) is 0 Å². The Balaban J connectivity index is 2.17. The SMILES string of the molecule is C[C@H](C#N)OC(=O)CCCn1cnc2c1c(=O)n(C)c(=O)n2C. The Kier molecular flexibility index (Phi) is 4.64. The highest BCUT2D eigenvalue weighted by atomic mass is 16.5. The third-order valence-corrected chi connectivity index (χ3v) is 3.49. The fourth-order valence-corrected chi connectivity index (χ4v) is 2.24. The smallest absolute Gasteiger partial charge is 0.332 e. The standard InChI is InChI=1S/C14H17N5O4/c1-9(7-15)23-10(20)5-4-6-19-8-16-12-11(19)13(21)18(3)14(22)17(12)2/h8-9H,4-6H2,1-3H3/t9-/m1/s1. The first-order valence-corrected chi connectivity index (χ1v) is 7.06. The summed E-state index contributed by atoms with van der Waals surface area (Å²) in [7, 11) is 2.95. The molecule has 9 nitrogen and oxygen atoms in total. The molecule has 0 unspecified atom stereocenters. The van der Waals surface area contributed by atoms with Crippen LogP contribution in [-0.4, -0.2) is 30.8 Å². The van der Waals surface area contributed by atoms with Crippen LogP contribution in [0.2, 0.25) is 0 Å². The molecule has 2 aromatic heterocycles. The Labute approximate surface area is 131 Å². The third kappa shape index (κ3) is 3.15. The second-order valence-electron chi connectivity index (χ2n) is 5.18. The van der Waals surface area contributed by atoms with Gasteiger partial charge in [-0.25, -0.2) is 9.78 Å². The minimum Gasteiger partial charge on any atom is -0.447 e. The Hall–Kier alpha value is -2.89. The Morgan fingerprint density at radius 2 is 2.09 bits per heavy atom. The predicted octanol–water partition coefficient (Wildman–Crippen LogP) is -0.331. The summed E-state index contributed by atoms with van der Waals surface area (Å²) < 4.78 is 8.78. The molecule has 0 saturated heterocycles. The van der Waals surface area contributed by atoms with Crippen molar-refractivity contribution in [2.75, 3.05) is 0 Å². The minimum absolute atomic E-state index is 0.123. The van der Waals surface area contributed by atoms with Gasteiger partial charge in [0.2, 0.25) is 0 Å². The van der Waals surface area contributed by atoms with Gasteiger partial charge in [0.1, 0.15) is 6.07 Å². The first-order valence-electron chi connectivity index (χ1n) is 7.06. The number of rotatable bonds is 5. The Bertz CT molecular complexity index is 899. The van der Waals surface area contributed by atoms with Crippen LogP contribution in [0.3, 0.4) is 0 Å². The average Bonchev–Trinajstić information content (AvgIpc) is 2.94. The van der Waals surface area contributed by atoms with Gasteiger partial charge in [0, 0.05) is 27.1 Å². The lowest BCUT2D eigenvalue weighted by molar-refractivity contribution is -0.146. The van der Waals surface area contributed by atoms with Crippen LogP contribution in [0.15, 0.2) is 15.9 Å². The number of carbonyl (C=O) groups is 1. The topological polar surface area (TPSA) is 112 Å². The van der Waals surface area contributed by atoms with Crippen molar-refractivity contribution in [1.29, 1.82) is 5.26 Å². The summed E-state index contributed by atoms with van der Waals surface area (Å²) in [5, 5.41) is 8.58. The molecule has 2 rings (SSSR count). The minimum atomic E-state index is -0.779. The van der Waals surface area contributed by atoms with Crippen LogP contribution >= 0.6 is 0 Å². The van der Waals surface area contributed by atoms with Crippen LogP contribution < -0.4 is 11.2 Å². The zero-order chi connectivity index (χ0) is 17.1. The van der Waals surface area contributed by atoms with Gasteiger partial charge in [-0.3, -0.25) is 18.7 Å². The average molecular weight is 319 g/mol. The Morgan fingerprint density at radius 1 is 1.39 bits per heavy atom. The van der Waals surface area contributed by atoms with Gasteiger partial charge in [-0.1, -0.05) is 0 Å². The van der Waals surface area contributed by atoms with E-state index in [1.54, 1.807) is 11.6 Å². The van der Waals surface area contributed by atoms with Gasteiger partial charge in [-0.15, -0.1) is 0 Å². The van der Waals surface area contributed by atoms with E-state index in [1.165, 1.54) is 24.9 Å². The maximum absolute atomic E-state index is 12.2. The van der Waals surface area contributed by atoms with E-state index in [1.807, 2.05) is 6.07 Å². The maximum Gasteiger partial charge on any atom is 0.332 e. The predicted molar refractivity (Wildman–Crippen MR) is 80.6 cm³/mol. The molecule has 2 heterocycles. The largest absolute Gasteiger partial charge is 0.447 e. The molecule has 0 aliphatic carbocycles. The highest BCUT2D eigenvalue weighted by molar-refractivity contribution is 5.70. The van der Waals surface area contributed by atoms with Crippen molar-refractivity contribution in [2.24, 2.45) is 14.1 Å². The van der Waals surface area contributed by atoms with E-state index in [0.717, 1.165) is 4.57 Å². The number of aryl methyl sites for hydroxylation is 2. The lowest BCUT2D eigenvalue weighted by atomic mass is 10.3. The quantitative estimate of drug-likeness (QED) is 0.697. The molecule has 0 aliphatic rings. The van der Waals surface area contributed by atoms with Gasteiger partial charge in [0.25, 0.3) is 5.56 Å². The molecule has 2 aromatic rings. The second-order valence-corrected chi connectivity index (χ2v) is 5.18. The van der Waals surface area contributed by atoms with E-state index < -0.39 is 23.3 Å². The van der Waals surface area contributed by atoms with Crippen LogP contribution in [-0.2, 0) is 30.2 Å². The fraction of sp³-hybridized carbons (Fsp3) is 0.500. The highest BCUT2D eigenvalue weighted by Crippen LogP contribution is 2.07. The van der Waals surface area contributed by atoms with Crippen LogP contribution in [0.5, 0.6) is 0 Å². The summed E-state index contributed by atoms with van der Waals surface area (Å²) in [6.07, 6.45) is 1.24. The van der Waals surface area contributed by atoms with Crippen LogP contribution in [0, 0.1) is 11.3 Å². The van der Waals surface area contributed by atoms with E-state index in [-0.39, 0.29) is 6.42 Å². The summed E-state index contributed by atoms with van der Waals surface area (Å²) in [5.41, 5.74) is -0.254. The molecule has 1 atom stereocenters. The number of nitriles is 1. The number of fused-ring (bicyclic) bond motifs is 1. The summed E-state index contributed by atoms with van der Waals surface area (Å²) >= 11 is 0. The molecule has 0 spiro atoms. The van der Waals surface area contributed by atoms with E-state index in [2.05, 4.69) is 4.98 Å². The van der Waals surface area contributed by atoms with Gasteiger partial charge in [-0.05, 0) is 13.3 Å². The molecule has 0 saturated carbocycles. The number of hydrogen-bond acceptors (Lipinski definition) is 6. The third-order valence-electron chi connectivity index (χ3n) is 3.49. The molecule has 0 aliphatic heterocycles. The lowest BCUT2D eigenvalue weighted by Gasteiger charge is -2.07. The highest BCUT2D eigenvalue weighted by Gasteiger charge is 2.14. The summed E-state index contributed by atoms with van der Waals surface area (Å²) in [6, 6.07) is 1.81. The zero-order valence-electron chi connectivity index (χ0n) is 13.1. The van der Waals surface area contributed by atoms with Crippen LogP contribution in [0.4, 0.5) is 0 Å². The molecule has 0 aromatic carbocycles. The number of nitrogens with zero attached hydrogens (tertiary/aromatic N) is 5. The van der Waals surface area contributed by atoms with Crippen molar-refractivity contribution in [2.45, 2.75) is 32.4 Å². The van der Waals surface area contributed by atoms with E-state index in [0.29, 0.717) is 24.1 Å². The number of imidazole rings is 1. The molecule has 0 amide bonds. The first kappa shape index (κ1) is 16.5. The zero-order valence-corrected chi connectivity index (χ0v) is 13.1. The molecule has 0 N–H and O–H groups in total. The van der Waals surface area contributed by atoms with Crippen molar-refractivity contribution in [1.82, 2.24) is 18.7 Å². The molecule has 23 heavy (non-hydrogen) atoms. The van der Waals surface area contributed by atoms with Crippen LogP contribution in [0.1, 0.15) is 19.8 Å². The van der Waals surface area contributed by atoms with E-state index in [4.69, 9.17) is 10.00 Å². The monoisotopic (exact) mass is 319 g/mol. The molecule has 0 bridgehead atoms. The number of carbonyl (C=O) groups excluding carboxylic acids is 1. The molecule has 122 valence electrons. The Morgan fingerprint density at radius 3 is 2.74 bits per heavy atom. The van der Waals surface area contributed by atoms with Gasteiger partial charge in [0.15, 0.2) is 17.3 Å². The van der Waals surface area contributed by atoms with Gasteiger partial charge < -0.3 is 9.30 Å². The lowest BCUT2D eigenvalue weighted by Crippen LogP contribution is -2.37. The summed E-state index contributed by atoms with van der Waals surface area (Å²) in [5.74, 6) is -0.469. The van der Waals surface area contributed by atoms with E-state index in [9.17, 15) is 14.4 Å².